The first-order valence-corrected chi connectivity index (χ1v) is 19.8. The number of ether oxygens (including phenoxy) is 1. The van der Waals surface area contributed by atoms with Crippen molar-refractivity contribution in [1.82, 2.24) is 24.8 Å². The molecule has 3 aromatic carbocycles. The number of carbonyl (C=O) groups is 1. The van der Waals surface area contributed by atoms with Crippen molar-refractivity contribution in [2.45, 2.75) is 63.2 Å². The molecule has 48 heavy (non-hydrogen) atoms. The summed E-state index contributed by atoms with van der Waals surface area (Å²) in [5.41, 5.74) is 1.45. The molecule has 10 nitrogen and oxygen atoms in total. The van der Waals surface area contributed by atoms with Gasteiger partial charge in [0, 0.05) is 52.7 Å². The normalized spacial score (nSPS) is 22.2. The molecule has 0 radical (unpaired) electrons. The molecule has 2 aromatic heterocycles. The number of amides is 1. The molecule has 2 aliphatic rings. The number of fused-ring (bicyclic) bond motifs is 3. The highest BCUT2D eigenvalue weighted by Crippen LogP contribution is 2.60. The molecule has 1 N–H and O–H groups in total. The summed E-state index contributed by atoms with van der Waals surface area (Å²) in [7, 11) is -3.35. The van der Waals surface area contributed by atoms with Crippen LogP contribution in [0.4, 0.5) is 9.80 Å². The molecule has 0 bridgehead atoms. The fraction of sp³-hybridized carbons (Fsp3) is 0.343. The Kier molecular flexibility index (Phi) is 8.43. The van der Waals surface area contributed by atoms with Crippen molar-refractivity contribution in [3.8, 4) is 5.69 Å². The lowest BCUT2D eigenvalue weighted by Crippen LogP contribution is -2.45. The molecule has 0 saturated carbocycles. The summed E-state index contributed by atoms with van der Waals surface area (Å²) < 4.78 is 27.0. The Bertz CT molecular complexity index is 2080. The number of halogens is 2. The van der Waals surface area contributed by atoms with Crippen LogP contribution in [0.25, 0.3) is 16.5 Å². The first kappa shape index (κ1) is 32.5. The molecular formula is C35H36BrFN6O4Si. The van der Waals surface area contributed by atoms with Crippen LogP contribution < -0.4 is 10.5 Å². The molecule has 1 amide bonds. The van der Waals surface area contributed by atoms with E-state index in [9.17, 15) is 14.7 Å². The Labute approximate surface area is 286 Å². The second-order valence-electron chi connectivity index (χ2n) is 13.2. The topological polar surface area (TPSA) is 115 Å². The minimum Gasteiger partial charge on any atom is -0.396 e. The van der Waals surface area contributed by atoms with Crippen molar-refractivity contribution >= 4 is 46.7 Å². The number of carbonyl (C=O) groups excluding carboxylic acids is 1. The van der Waals surface area contributed by atoms with Gasteiger partial charge in [0.25, 0.3) is 11.5 Å². The zero-order chi connectivity index (χ0) is 33.8. The molecular weight excluding hydrogens is 695 g/mol. The lowest BCUT2D eigenvalue weighted by atomic mass is 9.82. The molecule has 4 atom stereocenters. The molecule has 0 unspecified atom stereocenters. The van der Waals surface area contributed by atoms with Crippen molar-refractivity contribution in [3.63, 3.8) is 0 Å². The van der Waals surface area contributed by atoms with Gasteiger partial charge in [0.15, 0.2) is 5.60 Å². The summed E-state index contributed by atoms with van der Waals surface area (Å²) in [5.74, 6) is -0.668. The SMILES string of the molecule is C[C@H]1[C@H]([Si](C)(C)F)[C@@H](CCn2cc(CCO)nn2)O[C@]12C(=O)N(Cc1cccc(-n3ncc4ccccc4c3=O)c1)c1ccc(Br)cc12. The highest BCUT2D eigenvalue weighted by molar-refractivity contribution is 9.10. The van der Waals surface area contributed by atoms with Crippen molar-refractivity contribution in [2.24, 2.45) is 5.92 Å². The summed E-state index contributed by atoms with van der Waals surface area (Å²) in [6, 6.07) is 20.5. The predicted molar refractivity (Wildman–Crippen MR) is 186 cm³/mol. The van der Waals surface area contributed by atoms with E-state index in [-0.39, 0.29) is 24.6 Å². The van der Waals surface area contributed by atoms with E-state index in [4.69, 9.17) is 4.74 Å². The number of hydrogen-bond acceptors (Lipinski definition) is 7. The van der Waals surface area contributed by atoms with Crippen molar-refractivity contribution < 1.29 is 18.7 Å². The van der Waals surface area contributed by atoms with E-state index < -0.39 is 31.6 Å². The average molecular weight is 732 g/mol. The minimum atomic E-state index is -3.35. The van der Waals surface area contributed by atoms with Gasteiger partial charge >= 0.3 is 0 Å². The third kappa shape index (κ3) is 5.52. The van der Waals surface area contributed by atoms with Gasteiger partial charge in [0.1, 0.15) is 0 Å². The third-order valence-electron chi connectivity index (χ3n) is 9.71. The number of benzene rings is 3. The maximum atomic E-state index is 16.3. The van der Waals surface area contributed by atoms with Crippen LogP contribution in [0.1, 0.15) is 30.2 Å². The Morgan fingerprint density at radius 3 is 2.69 bits per heavy atom. The summed E-state index contributed by atoms with van der Waals surface area (Å²) in [6.45, 7) is 5.95. The van der Waals surface area contributed by atoms with Crippen molar-refractivity contribution in [2.75, 3.05) is 11.5 Å². The maximum Gasteiger partial charge on any atom is 0.279 e. The first-order chi connectivity index (χ1) is 23.0. The van der Waals surface area contributed by atoms with E-state index in [0.29, 0.717) is 41.8 Å². The van der Waals surface area contributed by atoms with Gasteiger partial charge in [-0.25, -0.2) is 0 Å². The fourth-order valence-electron chi connectivity index (χ4n) is 7.63. The molecule has 2 aliphatic heterocycles. The molecule has 7 rings (SSSR count). The zero-order valence-corrected chi connectivity index (χ0v) is 29.5. The van der Waals surface area contributed by atoms with Crippen LogP contribution in [0.3, 0.4) is 0 Å². The van der Waals surface area contributed by atoms with Gasteiger partial charge in [-0.15, -0.1) is 5.10 Å². The standard InChI is InChI=1S/C35H36BrFN6O4Si/c1-22-32(48(2,3)37)31(13-15-41-21-26(14-16-44)39-40-41)47-35(22)29-18-25(36)11-12-30(29)42(34(35)46)20-23-7-6-9-27(17-23)43-33(45)28-10-5-4-8-24(28)19-38-43/h4-12,17-19,21-22,31-32,44H,13-16,20H2,1-3H3/t22-,31+,32-,35+/m0/s1. The van der Waals surface area contributed by atoms with Gasteiger partial charge in [-0.2, -0.15) is 9.78 Å². The average Bonchev–Trinajstić information content (AvgIpc) is 3.70. The van der Waals surface area contributed by atoms with Crippen LogP contribution in [-0.2, 0) is 34.6 Å². The number of anilines is 1. The minimum absolute atomic E-state index is 0.0229. The van der Waals surface area contributed by atoms with Crippen LogP contribution in [0.15, 0.2) is 88.4 Å². The fourth-order valence-corrected chi connectivity index (χ4v) is 10.5. The summed E-state index contributed by atoms with van der Waals surface area (Å²) >= 11 is 3.60. The third-order valence-corrected chi connectivity index (χ3v) is 12.7. The summed E-state index contributed by atoms with van der Waals surface area (Å²) in [5, 5.41) is 23.3. The molecule has 1 saturated heterocycles. The number of aliphatic hydroxyl groups excluding tert-OH is 1. The molecule has 4 heterocycles. The first-order valence-electron chi connectivity index (χ1n) is 16.1. The highest BCUT2D eigenvalue weighted by Gasteiger charge is 2.66. The largest absolute Gasteiger partial charge is 0.396 e. The number of aryl methyl sites for hydroxylation is 1. The van der Waals surface area contributed by atoms with E-state index in [2.05, 4.69) is 31.3 Å². The van der Waals surface area contributed by atoms with E-state index in [1.807, 2.05) is 67.6 Å². The number of aliphatic hydroxyl groups is 1. The van der Waals surface area contributed by atoms with Gasteiger partial charge in [-0.1, -0.05) is 58.4 Å². The second kappa shape index (κ2) is 12.4. The molecule has 1 spiro atoms. The Balaban J connectivity index is 1.22. The number of hydrogen-bond donors (Lipinski definition) is 1. The van der Waals surface area contributed by atoms with Gasteiger partial charge in [0.2, 0.25) is 8.41 Å². The second-order valence-corrected chi connectivity index (χ2v) is 17.9. The van der Waals surface area contributed by atoms with E-state index >= 15 is 4.11 Å². The maximum absolute atomic E-state index is 16.3. The molecule has 248 valence electrons. The monoisotopic (exact) mass is 730 g/mol. The molecule has 0 aliphatic carbocycles. The van der Waals surface area contributed by atoms with Crippen LogP contribution >= 0.6 is 15.9 Å². The molecule has 1 fully saturated rings. The van der Waals surface area contributed by atoms with Crippen LogP contribution in [0.2, 0.25) is 18.6 Å². The quantitative estimate of drug-likeness (QED) is 0.153. The predicted octanol–water partition coefficient (Wildman–Crippen LogP) is 5.69. The van der Waals surface area contributed by atoms with Gasteiger partial charge in [-0.3, -0.25) is 14.3 Å². The van der Waals surface area contributed by atoms with Crippen LogP contribution in [-0.4, -0.2) is 56.9 Å². The zero-order valence-electron chi connectivity index (χ0n) is 26.9. The van der Waals surface area contributed by atoms with Crippen LogP contribution in [0, 0.1) is 5.92 Å². The van der Waals surface area contributed by atoms with Gasteiger partial charge in [0.05, 0.1) is 41.3 Å². The van der Waals surface area contributed by atoms with E-state index in [0.717, 1.165) is 21.0 Å². The lowest BCUT2D eigenvalue weighted by Gasteiger charge is -2.31. The smallest absolute Gasteiger partial charge is 0.279 e. The van der Waals surface area contributed by atoms with Gasteiger partial charge in [-0.05, 0) is 61.5 Å². The van der Waals surface area contributed by atoms with Gasteiger partial charge < -0.3 is 18.9 Å². The molecule has 13 heteroatoms. The summed E-state index contributed by atoms with van der Waals surface area (Å²) in [6.07, 6.45) is 3.78. The Morgan fingerprint density at radius 1 is 1.08 bits per heavy atom. The van der Waals surface area contributed by atoms with Crippen molar-refractivity contribution in [3.05, 3.63) is 111 Å². The Morgan fingerprint density at radius 2 is 1.90 bits per heavy atom. The van der Waals surface area contributed by atoms with E-state index in [1.165, 1.54) is 4.68 Å². The van der Waals surface area contributed by atoms with E-state index in [1.54, 1.807) is 41.1 Å². The molecule has 5 aromatic rings. The Hall–Kier alpha value is -4.04. The number of rotatable bonds is 9. The van der Waals surface area contributed by atoms with Crippen LogP contribution in [0.5, 0.6) is 0 Å². The number of aromatic nitrogens is 5. The van der Waals surface area contributed by atoms with Crippen molar-refractivity contribution in [1.29, 1.82) is 0 Å². The lowest BCUT2D eigenvalue weighted by molar-refractivity contribution is -0.146. The number of nitrogens with zero attached hydrogens (tertiary/aromatic N) is 6. The summed E-state index contributed by atoms with van der Waals surface area (Å²) in [4.78, 5) is 29.8. The highest BCUT2D eigenvalue weighted by atomic mass is 79.9.